The van der Waals surface area contributed by atoms with Crippen molar-refractivity contribution in [3.8, 4) is 0 Å². The van der Waals surface area contributed by atoms with Crippen molar-refractivity contribution in [2.75, 3.05) is 6.61 Å². The molecule has 1 aliphatic carbocycles. The Morgan fingerprint density at radius 2 is 2.09 bits per heavy atom. The van der Waals surface area contributed by atoms with Crippen LogP contribution in [0.15, 0.2) is 5.16 Å². The molecule has 2 heteroatoms. The van der Waals surface area contributed by atoms with Crippen LogP contribution >= 0.6 is 0 Å². The molecule has 0 aromatic rings. The van der Waals surface area contributed by atoms with Gasteiger partial charge in [0.15, 0.2) is 0 Å². The molecule has 0 radical (unpaired) electrons. The van der Waals surface area contributed by atoms with Gasteiger partial charge in [-0.2, -0.15) is 0 Å². The van der Waals surface area contributed by atoms with Crippen molar-refractivity contribution >= 4 is 5.71 Å². The third kappa shape index (κ3) is 2.91. The van der Waals surface area contributed by atoms with E-state index in [1.54, 1.807) is 0 Å². The summed E-state index contributed by atoms with van der Waals surface area (Å²) < 4.78 is 0. The number of rotatable bonds is 2. The highest BCUT2D eigenvalue weighted by Gasteiger charge is 2.13. The SMILES string of the molecule is CCON=C1CCC(C)CC1. The molecule has 0 aliphatic heterocycles. The van der Waals surface area contributed by atoms with Crippen LogP contribution < -0.4 is 0 Å². The van der Waals surface area contributed by atoms with Gasteiger partial charge in [-0.25, -0.2) is 0 Å². The van der Waals surface area contributed by atoms with E-state index in [0.717, 1.165) is 18.8 Å². The molecule has 0 aromatic carbocycles. The predicted molar refractivity (Wildman–Crippen MR) is 46.7 cm³/mol. The summed E-state index contributed by atoms with van der Waals surface area (Å²) in [6.45, 7) is 4.96. The number of hydrogen-bond acceptors (Lipinski definition) is 2. The van der Waals surface area contributed by atoms with Crippen LogP contribution in [-0.4, -0.2) is 12.3 Å². The lowest BCUT2D eigenvalue weighted by molar-refractivity contribution is 0.156. The van der Waals surface area contributed by atoms with Gasteiger partial charge in [0.25, 0.3) is 0 Å². The van der Waals surface area contributed by atoms with Crippen LogP contribution in [0.25, 0.3) is 0 Å². The average Bonchev–Trinajstić information content (AvgIpc) is 2.04. The lowest BCUT2D eigenvalue weighted by Crippen LogP contribution is -2.11. The number of hydrogen-bond donors (Lipinski definition) is 0. The maximum atomic E-state index is 5.00. The summed E-state index contributed by atoms with van der Waals surface area (Å²) in [5.41, 5.74) is 1.25. The molecule has 1 fully saturated rings. The highest BCUT2D eigenvalue weighted by molar-refractivity contribution is 5.84. The van der Waals surface area contributed by atoms with E-state index < -0.39 is 0 Å². The molecule has 2 nitrogen and oxygen atoms in total. The van der Waals surface area contributed by atoms with E-state index in [1.807, 2.05) is 6.92 Å². The fraction of sp³-hybridized carbons (Fsp3) is 0.889. The van der Waals surface area contributed by atoms with E-state index >= 15 is 0 Å². The first-order valence-corrected chi connectivity index (χ1v) is 4.50. The second kappa shape index (κ2) is 4.37. The minimum atomic E-state index is 0.694. The summed E-state index contributed by atoms with van der Waals surface area (Å²) in [5.74, 6) is 0.885. The lowest BCUT2D eigenvalue weighted by atomic mass is 9.90. The van der Waals surface area contributed by atoms with Crippen LogP contribution in [0.4, 0.5) is 0 Å². The lowest BCUT2D eigenvalue weighted by Gasteiger charge is -2.18. The summed E-state index contributed by atoms with van der Waals surface area (Å²) in [7, 11) is 0. The zero-order valence-electron chi connectivity index (χ0n) is 7.47. The van der Waals surface area contributed by atoms with Crippen LogP contribution in [0.1, 0.15) is 39.5 Å². The third-order valence-electron chi connectivity index (χ3n) is 2.17. The van der Waals surface area contributed by atoms with Gasteiger partial charge in [-0.1, -0.05) is 12.1 Å². The largest absolute Gasteiger partial charge is 0.396 e. The van der Waals surface area contributed by atoms with Gasteiger partial charge in [-0.05, 0) is 38.5 Å². The molecule has 11 heavy (non-hydrogen) atoms. The molecule has 1 aliphatic rings. The Balaban J connectivity index is 2.26. The van der Waals surface area contributed by atoms with Gasteiger partial charge in [0, 0.05) is 0 Å². The van der Waals surface area contributed by atoms with Crippen LogP contribution in [-0.2, 0) is 4.84 Å². The Morgan fingerprint density at radius 1 is 1.45 bits per heavy atom. The van der Waals surface area contributed by atoms with Crippen LogP contribution in [0.5, 0.6) is 0 Å². The Labute approximate surface area is 68.6 Å². The quantitative estimate of drug-likeness (QED) is 0.562. The molecule has 0 unspecified atom stereocenters. The zero-order chi connectivity index (χ0) is 8.10. The highest BCUT2D eigenvalue weighted by atomic mass is 16.6. The third-order valence-corrected chi connectivity index (χ3v) is 2.17. The first-order chi connectivity index (χ1) is 5.33. The van der Waals surface area contributed by atoms with Crippen LogP contribution in [0.2, 0.25) is 0 Å². The van der Waals surface area contributed by atoms with Gasteiger partial charge >= 0.3 is 0 Å². The molecule has 0 heterocycles. The van der Waals surface area contributed by atoms with Gasteiger partial charge in [0.1, 0.15) is 6.61 Å². The van der Waals surface area contributed by atoms with Crippen molar-refractivity contribution in [3.05, 3.63) is 0 Å². The van der Waals surface area contributed by atoms with Crippen molar-refractivity contribution in [1.29, 1.82) is 0 Å². The van der Waals surface area contributed by atoms with E-state index in [4.69, 9.17) is 4.84 Å². The molecule has 0 bridgehead atoms. The number of nitrogens with zero attached hydrogens (tertiary/aromatic N) is 1. The fourth-order valence-electron chi connectivity index (χ4n) is 1.34. The summed E-state index contributed by atoms with van der Waals surface area (Å²) in [5, 5.41) is 4.05. The highest BCUT2D eigenvalue weighted by Crippen LogP contribution is 2.21. The van der Waals surface area contributed by atoms with E-state index in [9.17, 15) is 0 Å². The molecule has 1 saturated carbocycles. The normalized spacial score (nSPS) is 24.9. The van der Waals surface area contributed by atoms with Crippen molar-refractivity contribution in [2.24, 2.45) is 11.1 Å². The van der Waals surface area contributed by atoms with Crippen LogP contribution in [0.3, 0.4) is 0 Å². The molecule has 0 amide bonds. The summed E-state index contributed by atoms with van der Waals surface area (Å²) in [6, 6.07) is 0. The summed E-state index contributed by atoms with van der Waals surface area (Å²) in [4.78, 5) is 5.00. The fourth-order valence-corrected chi connectivity index (χ4v) is 1.34. The maximum Gasteiger partial charge on any atom is 0.114 e. The average molecular weight is 155 g/mol. The Kier molecular flexibility index (Phi) is 3.40. The smallest absolute Gasteiger partial charge is 0.114 e. The molecular formula is C9H17NO. The Hall–Kier alpha value is -0.530. The molecule has 0 spiro atoms. The first-order valence-electron chi connectivity index (χ1n) is 4.50. The van der Waals surface area contributed by atoms with E-state index in [-0.39, 0.29) is 0 Å². The summed E-state index contributed by atoms with van der Waals surface area (Å²) >= 11 is 0. The first kappa shape index (κ1) is 8.57. The van der Waals surface area contributed by atoms with Gasteiger partial charge in [0.05, 0.1) is 5.71 Å². The van der Waals surface area contributed by atoms with E-state index in [0.29, 0.717) is 6.61 Å². The second-order valence-corrected chi connectivity index (χ2v) is 3.26. The minimum absolute atomic E-state index is 0.694. The standard InChI is InChI=1S/C9H17NO/c1-3-11-10-9-6-4-8(2)5-7-9/h8H,3-7H2,1-2H3. The molecule has 1 rings (SSSR count). The van der Waals surface area contributed by atoms with Crippen molar-refractivity contribution in [2.45, 2.75) is 39.5 Å². The minimum Gasteiger partial charge on any atom is -0.396 e. The van der Waals surface area contributed by atoms with Gasteiger partial charge in [0.2, 0.25) is 0 Å². The molecular weight excluding hydrogens is 138 g/mol. The zero-order valence-corrected chi connectivity index (χ0v) is 7.47. The summed E-state index contributed by atoms with van der Waals surface area (Å²) in [6.07, 6.45) is 4.85. The second-order valence-electron chi connectivity index (χ2n) is 3.26. The van der Waals surface area contributed by atoms with Crippen molar-refractivity contribution in [1.82, 2.24) is 0 Å². The molecule has 0 saturated heterocycles. The predicted octanol–water partition coefficient (Wildman–Crippen LogP) is 2.59. The molecule has 0 N–H and O–H groups in total. The Morgan fingerprint density at radius 3 is 2.64 bits per heavy atom. The van der Waals surface area contributed by atoms with E-state index in [2.05, 4.69) is 12.1 Å². The van der Waals surface area contributed by atoms with Crippen LogP contribution in [0, 0.1) is 5.92 Å². The van der Waals surface area contributed by atoms with Gasteiger partial charge in [-0.3, -0.25) is 0 Å². The topological polar surface area (TPSA) is 21.6 Å². The Bertz CT molecular complexity index is 132. The maximum absolute atomic E-state index is 5.00. The van der Waals surface area contributed by atoms with Crippen molar-refractivity contribution < 1.29 is 4.84 Å². The molecule has 0 aromatic heterocycles. The monoisotopic (exact) mass is 155 g/mol. The van der Waals surface area contributed by atoms with Gasteiger partial charge in [-0.15, -0.1) is 0 Å². The molecule has 64 valence electrons. The van der Waals surface area contributed by atoms with Crippen molar-refractivity contribution in [3.63, 3.8) is 0 Å². The number of oxime groups is 1. The van der Waals surface area contributed by atoms with E-state index in [1.165, 1.54) is 18.6 Å². The molecule has 0 atom stereocenters. The van der Waals surface area contributed by atoms with Gasteiger partial charge < -0.3 is 4.84 Å².